The molecule has 1 aliphatic heterocycles. The highest BCUT2D eigenvalue weighted by Gasteiger charge is 2.40. The number of rotatable bonds is 8. The van der Waals surface area contributed by atoms with Gasteiger partial charge in [-0.15, -0.1) is 0 Å². The molecule has 4 rings (SSSR count). The number of nitrogens with two attached hydrogens (primary N) is 1. The van der Waals surface area contributed by atoms with Crippen molar-refractivity contribution in [2.24, 2.45) is 5.73 Å². The second-order valence-corrected chi connectivity index (χ2v) is 12.9. The number of benzene rings is 3. The van der Waals surface area contributed by atoms with Crippen LogP contribution in [0.1, 0.15) is 46.1 Å². The molecule has 3 aromatic carbocycles. The first-order chi connectivity index (χ1) is 20.1. The van der Waals surface area contributed by atoms with Gasteiger partial charge in [0.05, 0.1) is 4.90 Å². The maximum Gasteiger partial charge on any atom is 0.300 e. The van der Waals surface area contributed by atoms with Gasteiger partial charge in [-0.25, -0.2) is 13.1 Å². The highest BCUT2D eigenvalue weighted by molar-refractivity contribution is 7.89. The smallest absolute Gasteiger partial charge is 0.300 e. The number of hydrogen-bond donors (Lipinski definition) is 6. The summed E-state index contributed by atoms with van der Waals surface area (Å²) in [4.78, 5) is 22.8. The van der Waals surface area contributed by atoms with Crippen LogP contribution in [0.15, 0.2) is 77.7 Å². The zero-order chi connectivity index (χ0) is 31.8. The molecule has 43 heavy (non-hydrogen) atoms. The predicted molar refractivity (Wildman–Crippen MR) is 168 cm³/mol. The minimum Gasteiger partial charge on any atom is -0.481 e. The monoisotopic (exact) mass is 609 g/mol. The molecular formula is C31H39N5O6S. The van der Waals surface area contributed by atoms with Crippen molar-refractivity contribution in [3.05, 3.63) is 78.4 Å². The summed E-state index contributed by atoms with van der Waals surface area (Å²) in [6.45, 7) is 7.33. The molecule has 0 saturated carbocycles. The molecule has 0 aromatic heterocycles. The van der Waals surface area contributed by atoms with Crippen LogP contribution in [0.25, 0.3) is 11.1 Å². The zero-order valence-corrected chi connectivity index (χ0v) is 25.5. The van der Waals surface area contributed by atoms with Crippen molar-refractivity contribution in [1.82, 2.24) is 4.72 Å². The molecule has 12 heteroatoms. The van der Waals surface area contributed by atoms with Crippen molar-refractivity contribution < 1.29 is 27.9 Å². The van der Waals surface area contributed by atoms with E-state index < -0.39 is 27.1 Å². The Labute approximate surface area is 252 Å². The van der Waals surface area contributed by atoms with Crippen LogP contribution in [0.4, 0.5) is 11.4 Å². The summed E-state index contributed by atoms with van der Waals surface area (Å²) in [7, 11) is -3.75. The van der Waals surface area contributed by atoms with Gasteiger partial charge in [-0.05, 0) is 56.7 Å². The van der Waals surface area contributed by atoms with E-state index in [1.165, 1.54) is 0 Å². The van der Waals surface area contributed by atoms with Crippen molar-refractivity contribution in [3.8, 4) is 11.1 Å². The van der Waals surface area contributed by atoms with Gasteiger partial charge >= 0.3 is 0 Å². The number of hydrogen-bond acceptors (Lipinski definition) is 7. The van der Waals surface area contributed by atoms with E-state index in [2.05, 4.69) is 15.4 Å². The quantitative estimate of drug-likeness (QED) is 0.160. The second-order valence-electron chi connectivity index (χ2n) is 11.2. The van der Waals surface area contributed by atoms with Crippen LogP contribution in [0.3, 0.4) is 0 Å². The molecule has 7 N–H and O–H groups in total. The fraction of sp³-hybridized carbons (Fsp3) is 0.323. The maximum atomic E-state index is 13.6. The van der Waals surface area contributed by atoms with Gasteiger partial charge in [0.2, 0.25) is 15.9 Å². The number of carbonyl (C=O) groups excluding carboxylic acids is 1. The number of carboxylic acid groups (broad SMARTS) is 1. The summed E-state index contributed by atoms with van der Waals surface area (Å²) >= 11 is 0. The lowest BCUT2D eigenvalue weighted by Crippen LogP contribution is -2.53. The average molecular weight is 610 g/mol. The third kappa shape index (κ3) is 9.37. The Kier molecular flexibility index (Phi) is 10.7. The molecule has 0 aliphatic carbocycles. The summed E-state index contributed by atoms with van der Waals surface area (Å²) in [6.07, 6.45) is 0.931. The second kappa shape index (κ2) is 13.8. The van der Waals surface area contributed by atoms with Crippen molar-refractivity contribution in [1.29, 1.82) is 5.41 Å². The molecular weight excluding hydrogens is 570 g/mol. The Bertz CT molecular complexity index is 1560. The number of amides is 1. The molecule has 0 atom stereocenters. The highest BCUT2D eigenvalue weighted by Crippen LogP contribution is 2.31. The van der Waals surface area contributed by atoms with Crippen LogP contribution in [0.5, 0.6) is 0 Å². The zero-order valence-electron chi connectivity index (χ0n) is 24.7. The van der Waals surface area contributed by atoms with Crippen LogP contribution in [-0.2, 0) is 24.3 Å². The Hall–Kier alpha value is -4.26. The molecule has 0 bridgehead atoms. The van der Waals surface area contributed by atoms with Crippen molar-refractivity contribution in [2.45, 2.75) is 56.5 Å². The van der Waals surface area contributed by atoms with E-state index in [0.29, 0.717) is 54.1 Å². The molecule has 11 nitrogen and oxygen atoms in total. The Balaban J connectivity index is 0.00000119. The van der Waals surface area contributed by atoms with E-state index in [-0.39, 0.29) is 16.6 Å². The van der Waals surface area contributed by atoms with Crippen molar-refractivity contribution >= 4 is 39.1 Å². The fourth-order valence-corrected chi connectivity index (χ4v) is 6.20. The predicted octanol–water partition coefficient (Wildman–Crippen LogP) is 4.41. The van der Waals surface area contributed by atoms with Gasteiger partial charge in [0.15, 0.2) is 0 Å². The Morgan fingerprint density at radius 1 is 0.953 bits per heavy atom. The van der Waals surface area contributed by atoms with Crippen molar-refractivity contribution in [3.63, 3.8) is 0 Å². The third-order valence-corrected chi connectivity index (χ3v) is 8.23. The molecule has 1 fully saturated rings. The first-order valence-corrected chi connectivity index (χ1v) is 15.1. The van der Waals surface area contributed by atoms with Gasteiger partial charge in [-0.2, -0.15) is 0 Å². The minimum atomic E-state index is -3.75. The standard InChI is InChI=1S/C29H35N5O4S.C2H4O2/c1-28(2,3)34-39(36,37)25-10-5-4-9-24(25)20-11-13-22(14-12-20)32-27(35)29(15-17-38-18-16-29)33-23-8-6-7-21(19-23)26(30)31;1-2(3)4/h4-14,19,33-34H,15-18H2,1-3H3,(H3,30,31)(H,32,35);1H3,(H,3,4). The Morgan fingerprint density at radius 3 is 2.14 bits per heavy atom. The van der Waals surface area contributed by atoms with Crippen LogP contribution in [0.2, 0.25) is 0 Å². The molecule has 1 aliphatic rings. The van der Waals surface area contributed by atoms with Crippen LogP contribution in [-0.4, -0.2) is 55.5 Å². The number of nitrogen functional groups attached to an aromatic ring is 1. The summed E-state index contributed by atoms with van der Waals surface area (Å²) in [6, 6.07) is 21.1. The van der Waals surface area contributed by atoms with E-state index in [1.54, 1.807) is 87.5 Å². The van der Waals surface area contributed by atoms with Gasteiger partial charge in [-0.1, -0.05) is 42.5 Å². The number of nitrogens with one attached hydrogen (secondary N) is 4. The molecule has 0 spiro atoms. The lowest BCUT2D eigenvalue weighted by atomic mass is 9.88. The summed E-state index contributed by atoms with van der Waals surface area (Å²) < 4.78 is 34.4. The van der Waals surface area contributed by atoms with Gasteiger partial charge in [-0.3, -0.25) is 15.0 Å². The molecule has 0 unspecified atom stereocenters. The van der Waals surface area contributed by atoms with E-state index in [9.17, 15) is 13.2 Å². The molecule has 0 radical (unpaired) electrons. The first kappa shape index (κ1) is 33.2. The third-order valence-electron chi connectivity index (χ3n) is 6.41. The van der Waals surface area contributed by atoms with E-state index in [4.69, 9.17) is 25.8 Å². The SMILES string of the molecule is CC(=O)O.CC(C)(C)NS(=O)(=O)c1ccccc1-c1ccc(NC(=O)C2(Nc3cccc(C(=N)N)c3)CCOCC2)cc1. The highest BCUT2D eigenvalue weighted by atomic mass is 32.2. The fourth-order valence-electron chi connectivity index (χ4n) is 4.55. The first-order valence-electron chi connectivity index (χ1n) is 13.7. The van der Waals surface area contributed by atoms with Gasteiger partial charge < -0.3 is 26.2 Å². The molecule has 1 saturated heterocycles. The topological polar surface area (TPSA) is 184 Å². The molecule has 1 amide bonds. The lowest BCUT2D eigenvalue weighted by Gasteiger charge is -2.37. The summed E-state index contributed by atoms with van der Waals surface area (Å²) in [5.41, 5.74) is 7.23. The molecule has 3 aromatic rings. The molecule has 1 heterocycles. The van der Waals surface area contributed by atoms with E-state index in [0.717, 1.165) is 6.92 Å². The van der Waals surface area contributed by atoms with E-state index in [1.807, 2.05) is 6.07 Å². The normalized spacial score (nSPS) is 14.5. The van der Waals surface area contributed by atoms with Crippen LogP contribution < -0.4 is 21.1 Å². The van der Waals surface area contributed by atoms with Crippen LogP contribution in [0, 0.1) is 5.41 Å². The summed E-state index contributed by atoms with van der Waals surface area (Å²) in [5.74, 6) is -1.09. The van der Waals surface area contributed by atoms with Crippen molar-refractivity contribution in [2.75, 3.05) is 23.8 Å². The van der Waals surface area contributed by atoms with Gasteiger partial charge in [0.1, 0.15) is 11.4 Å². The van der Waals surface area contributed by atoms with Gasteiger partial charge in [0, 0.05) is 61.0 Å². The average Bonchev–Trinajstić information content (AvgIpc) is 2.92. The minimum absolute atomic E-state index is 0.0484. The Morgan fingerprint density at radius 2 is 1.56 bits per heavy atom. The maximum absolute atomic E-state index is 13.6. The number of aliphatic carboxylic acids is 1. The lowest BCUT2D eigenvalue weighted by molar-refractivity contribution is -0.134. The van der Waals surface area contributed by atoms with E-state index >= 15 is 0 Å². The van der Waals surface area contributed by atoms with Crippen LogP contribution >= 0.6 is 0 Å². The number of sulfonamides is 1. The molecule has 230 valence electrons. The number of carboxylic acids is 1. The van der Waals surface area contributed by atoms with Gasteiger partial charge in [0.25, 0.3) is 5.97 Å². The number of anilines is 2. The number of carbonyl (C=O) groups is 2. The number of ether oxygens (including phenoxy) is 1. The number of amidine groups is 1. The summed E-state index contributed by atoms with van der Waals surface area (Å²) in [5, 5.41) is 21.5. The largest absolute Gasteiger partial charge is 0.481 e.